The van der Waals surface area contributed by atoms with Gasteiger partial charge in [-0.2, -0.15) is 11.8 Å². The van der Waals surface area contributed by atoms with E-state index in [1.807, 2.05) is 30.3 Å². The molecule has 128 valence electrons. The van der Waals surface area contributed by atoms with Gasteiger partial charge >= 0.3 is 0 Å². The predicted molar refractivity (Wildman–Crippen MR) is 97.1 cm³/mol. The van der Waals surface area contributed by atoms with Crippen molar-refractivity contribution in [2.24, 2.45) is 5.92 Å². The summed E-state index contributed by atoms with van der Waals surface area (Å²) in [6.45, 7) is 2.83. The molecule has 1 N–H and O–H groups in total. The molecule has 4 nitrogen and oxygen atoms in total. The minimum Gasteiger partial charge on any atom is -0.300 e. The van der Waals surface area contributed by atoms with E-state index in [0.717, 1.165) is 37.5 Å². The Morgan fingerprint density at radius 1 is 1.13 bits per heavy atom. The number of nitrogens with one attached hydrogen (secondary N) is 1. The molecule has 0 saturated carbocycles. The zero-order valence-electron chi connectivity index (χ0n) is 13.5. The van der Waals surface area contributed by atoms with E-state index in [-0.39, 0.29) is 5.75 Å². The molecule has 0 bridgehead atoms. The minimum atomic E-state index is -3.23. The molecule has 3 rings (SSSR count). The summed E-state index contributed by atoms with van der Waals surface area (Å²) in [5, 5.41) is 0. The fourth-order valence-corrected chi connectivity index (χ4v) is 5.90. The molecule has 1 aromatic carbocycles. The molecule has 1 aromatic rings. The molecule has 1 unspecified atom stereocenters. The molecule has 6 heteroatoms. The van der Waals surface area contributed by atoms with Crippen molar-refractivity contribution in [1.82, 2.24) is 9.62 Å². The topological polar surface area (TPSA) is 49.4 Å². The number of rotatable bonds is 6. The Bertz CT molecular complexity index is 578. The molecule has 23 heavy (non-hydrogen) atoms. The molecule has 0 aromatic heterocycles. The zero-order valence-corrected chi connectivity index (χ0v) is 15.1. The van der Waals surface area contributed by atoms with Crippen molar-refractivity contribution in [3.05, 3.63) is 35.9 Å². The summed E-state index contributed by atoms with van der Waals surface area (Å²) < 4.78 is 27.2. The minimum absolute atomic E-state index is 0.0754. The molecule has 0 radical (unpaired) electrons. The van der Waals surface area contributed by atoms with E-state index in [9.17, 15) is 8.42 Å². The van der Waals surface area contributed by atoms with Gasteiger partial charge in [-0.15, -0.1) is 0 Å². The lowest BCUT2D eigenvalue weighted by Crippen LogP contribution is -2.43. The van der Waals surface area contributed by atoms with Crippen LogP contribution >= 0.6 is 11.8 Å². The lowest BCUT2D eigenvalue weighted by Gasteiger charge is -2.35. The van der Waals surface area contributed by atoms with Crippen molar-refractivity contribution in [3.63, 3.8) is 0 Å². The standard InChI is InChI=1S/C17H26N2O2S2/c20-23(21,14-16-4-2-1-3-5-16)18-12-15-6-9-19(10-7-15)17-8-11-22-13-17/h1-5,15,17-18H,6-14H2. The van der Waals surface area contributed by atoms with Gasteiger partial charge in [-0.3, -0.25) is 4.90 Å². The summed E-state index contributed by atoms with van der Waals surface area (Å²) in [7, 11) is -3.23. The zero-order chi connectivity index (χ0) is 16.1. The lowest BCUT2D eigenvalue weighted by atomic mass is 9.96. The molecule has 0 aliphatic carbocycles. The van der Waals surface area contributed by atoms with E-state index in [2.05, 4.69) is 21.4 Å². The summed E-state index contributed by atoms with van der Waals surface area (Å²) in [4.78, 5) is 2.61. The highest BCUT2D eigenvalue weighted by molar-refractivity contribution is 7.99. The second-order valence-electron chi connectivity index (χ2n) is 6.59. The van der Waals surface area contributed by atoms with Gasteiger partial charge in [0.25, 0.3) is 0 Å². The molecule has 0 spiro atoms. The van der Waals surface area contributed by atoms with E-state index in [1.54, 1.807) is 0 Å². The number of likely N-dealkylation sites (tertiary alicyclic amines) is 1. The van der Waals surface area contributed by atoms with Gasteiger partial charge in [0.1, 0.15) is 0 Å². The summed E-state index contributed by atoms with van der Waals surface area (Å²) in [6, 6.07) is 10.1. The van der Waals surface area contributed by atoms with Gasteiger partial charge in [-0.25, -0.2) is 13.1 Å². The second kappa shape index (κ2) is 8.01. The van der Waals surface area contributed by atoms with Crippen molar-refractivity contribution < 1.29 is 8.42 Å². The van der Waals surface area contributed by atoms with Crippen molar-refractivity contribution in [2.75, 3.05) is 31.1 Å². The Labute approximate surface area is 144 Å². The van der Waals surface area contributed by atoms with Gasteiger partial charge in [-0.05, 0) is 49.6 Å². The van der Waals surface area contributed by atoms with Crippen LogP contribution in [-0.2, 0) is 15.8 Å². The van der Waals surface area contributed by atoms with Crippen LogP contribution in [0, 0.1) is 5.92 Å². The second-order valence-corrected chi connectivity index (χ2v) is 9.55. The SMILES string of the molecule is O=S(=O)(Cc1ccccc1)NCC1CCN(C2CCSC2)CC1. The Kier molecular flexibility index (Phi) is 6.01. The molecule has 2 aliphatic rings. The van der Waals surface area contributed by atoms with Gasteiger partial charge in [0.2, 0.25) is 10.0 Å². The molecule has 2 aliphatic heterocycles. The first-order valence-corrected chi connectivity index (χ1v) is 11.3. The van der Waals surface area contributed by atoms with Crippen LogP contribution in [-0.4, -0.2) is 50.5 Å². The fraction of sp³-hybridized carbons (Fsp3) is 0.647. The van der Waals surface area contributed by atoms with Crippen molar-refractivity contribution in [1.29, 1.82) is 0 Å². The normalized spacial score (nSPS) is 24.1. The van der Waals surface area contributed by atoms with Crippen molar-refractivity contribution in [3.8, 4) is 0 Å². The summed E-state index contributed by atoms with van der Waals surface area (Å²) >= 11 is 2.06. The van der Waals surface area contributed by atoms with Gasteiger partial charge < -0.3 is 0 Å². The van der Waals surface area contributed by atoms with Crippen LogP contribution in [0.4, 0.5) is 0 Å². The molecule has 0 amide bonds. The summed E-state index contributed by atoms with van der Waals surface area (Å²) in [6.07, 6.45) is 3.53. The molecular formula is C17H26N2O2S2. The van der Waals surface area contributed by atoms with Crippen molar-refractivity contribution >= 4 is 21.8 Å². The predicted octanol–water partition coefficient (Wildman–Crippen LogP) is 2.32. The number of sulfonamides is 1. The number of piperidine rings is 1. The lowest BCUT2D eigenvalue weighted by molar-refractivity contribution is 0.145. The van der Waals surface area contributed by atoms with Crippen LogP contribution in [0.2, 0.25) is 0 Å². The number of hydrogen-bond acceptors (Lipinski definition) is 4. The highest BCUT2D eigenvalue weighted by Crippen LogP contribution is 2.26. The molecule has 2 fully saturated rings. The quantitative estimate of drug-likeness (QED) is 0.852. The third-order valence-electron chi connectivity index (χ3n) is 4.86. The van der Waals surface area contributed by atoms with E-state index in [0.29, 0.717) is 12.5 Å². The Hall–Kier alpha value is -0.560. The van der Waals surface area contributed by atoms with Crippen LogP contribution in [0.25, 0.3) is 0 Å². The van der Waals surface area contributed by atoms with Crippen LogP contribution in [0.5, 0.6) is 0 Å². The Balaban J connectivity index is 1.42. The highest BCUT2D eigenvalue weighted by Gasteiger charge is 2.27. The third kappa shape index (κ3) is 5.21. The number of hydrogen-bond donors (Lipinski definition) is 1. The molecular weight excluding hydrogens is 328 g/mol. The summed E-state index contributed by atoms with van der Waals surface area (Å²) in [5.41, 5.74) is 0.841. The van der Waals surface area contributed by atoms with E-state index >= 15 is 0 Å². The molecule has 1 atom stereocenters. The smallest absolute Gasteiger partial charge is 0.215 e. The van der Waals surface area contributed by atoms with Crippen LogP contribution in [0.1, 0.15) is 24.8 Å². The monoisotopic (exact) mass is 354 g/mol. The van der Waals surface area contributed by atoms with Gasteiger partial charge in [-0.1, -0.05) is 30.3 Å². The number of thioether (sulfide) groups is 1. The highest BCUT2D eigenvalue weighted by atomic mass is 32.2. The maximum absolute atomic E-state index is 12.2. The van der Waals surface area contributed by atoms with E-state index in [4.69, 9.17) is 0 Å². The van der Waals surface area contributed by atoms with Crippen molar-refractivity contribution in [2.45, 2.75) is 31.1 Å². The van der Waals surface area contributed by atoms with Crippen LogP contribution < -0.4 is 4.72 Å². The van der Waals surface area contributed by atoms with Gasteiger partial charge in [0, 0.05) is 18.3 Å². The van der Waals surface area contributed by atoms with Gasteiger partial charge in [0.05, 0.1) is 5.75 Å². The van der Waals surface area contributed by atoms with Crippen LogP contribution in [0.15, 0.2) is 30.3 Å². The van der Waals surface area contributed by atoms with Crippen LogP contribution in [0.3, 0.4) is 0 Å². The number of nitrogens with zero attached hydrogens (tertiary/aromatic N) is 1. The Morgan fingerprint density at radius 3 is 2.52 bits per heavy atom. The average molecular weight is 355 g/mol. The fourth-order valence-electron chi connectivity index (χ4n) is 3.42. The summed E-state index contributed by atoms with van der Waals surface area (Å²) in [5.74, 6) is 3.12. The largest absolute Gasteiger partial charge is 0.300 e. The first-order chi connectivity index (χ1) is 11.1. The maximum Gasteiger partial charge on any atom is 0.215 e. The van der Waals surface area contributed by atoms with Gasteiger partial charge in [0.15, 0.2) is 0 Å². The van der Waals surface area contributed by atoms with E-state index in [1.165, 1.54) is 17.9 Å². The average Bonchev–Trinajstić information content (AvgIpc) is 3.09. The van der Waals surface area contributed by atoms with E-state index < -0.39 is 10.0 Å². The molecule has 2 heterocycles. The Morgan fingerprint density at radius 2 is 1.87 bits per heavy atom. The first-order valence-electron chi connectivity index (χ1n) is 8.45. The number of benzene rings is 1. The third-order valence-corrected chi connectivity index (χ3v) is 7.33. The molecule has 2 saturated heterocycles. The maximum atomic E-state index is 12.2. The first kappa shape index (κ1) is 17.3.